The maximum absolute atomic E-state index is 12.6. The van der Waals surface area contributed by atoms with Crippen LogP contribution in [0.15, 0.2) is 24.3 Å². The molecule has 0 unspecified atom stereocenters. The predicted molar refractivity (Wildman–Crippen MR) is 128 cm³/mol. The van der Waals surface area contributed by atoms with E-state index in [-0.39, 0.29) is 18.2 Å². The Morgan fingerprint density at radius 1 is 1.09 bits per heavy atom. The van der Waals surface area contributed by atoms with Crippen molar-refractivity contribution in [3.05, 3.63) is 41.2 Å². The van der Waals surface area contributed by atoms with Crippen LogP contribution in [-0.2, 0) is 20.7 Å². The third kappa shape index (κ3) is 5.13. The van der Waals surface area contributed by atoms with Crippen molar-refractivity contribution in [3.63, 3.8) is 0 Å². The van der Waals surface area contributed by atoms with Gasteiger partial charge in [-0.25, -0.2) is 14.3 Å². The van der Waals surface area contributed by atoms with Gasteiger partial charge in [-0.1, -0.05) is 13.8 Å². The van der Waals surface area contributed by atoms with Crippen LogP contribution < -0.4 is 14.8 Å². The largest absolute Gasteiger partial charge is 0.497 e. The predicted octanol–water partition coefficient (Wildman–Crippen LogP) is 3.28. The van der Waals surface area contributed by atoms with E-state index in [1.54, 1.807) is 18.7 Å². The van der Waals surface area contributed by atoms with Gasteiger partial charge >= 0.3 is 5.97 Å². The molecule has 0 radical (unpaired) electrons. The van der Waals surface area contributed by atoms with Crippen molar-refractivity contribution >= 4 is 17.5 Å². The first-order chi connectivity index (χ1) is 16.2. The second-order valence-electron chi connectivity index (χ2n) is 8.44. The number of methoxy groups -OCH3 is 3. The second kappa shape index (κ2) is 10.5. The van der Waals surface area contributed by atoms with Crippen LogP contribution in [0.3, 0.4) is 0 Å². The van der Waals surface area contributed by atoms with Gasteiger partial charge in [-0.3, -0.25) is 4.79 Å². The molecule has 34 heavy (non-hydrogen) atoms. The molecule has 0 saturated carbocycles. The van der Waals surface area contributed by atoms with Gasteiger partial charge in [-0.05, 0) is 43.9 Å². The number of esters is 1. The van der Waals surface area contributed by atoms with Crippen LogP contribution in [0.4, 0.5) is 0 Å². The number of rotatable bonds is 9. The number of hydrogen-bond donors (Lipinski definition) is 1. The quantitative estimate of drug-likeness (QED) is 0.481. The van der Waals surface area contributed by atoms with E-state index in [2.05, 4.69) is 5.32 Å². The van der Waals surface area contributed by atoms with Gasteiger partial charge in [0.05, 0.1) is 27.0 Å². The van der Waals surface area contributed by atoms with Crippen LogP contribution >= 0.6 is 0 Å². The summed E-state index contributed by atoms with van der Waals surface area (Å²) in [7, 11) is 4.53. The molecule has 0 aliphatic rings. The van der Waals surface area contributed by atoms with E-state index in [1.807, 2.05) is 52.0 Å². The number of benzene rings is 1. The molecule has 2 aromatic heterocycles. The molecule has 3 aromatic rings. The minimum Gasteiger partial charge on any atom is -0.497 e. The van der Waals surface area contributed by atoms with Gasteiger partial charge in [-0.15, -0.1) is 0 Å². The average Bonchev–Trinajstić information content (AvgIpc) is 3.25. The Labute approximate surface area is 199 Å². The molecule has 0 aliphatic carbocycles. The molecule has 0 fully saturated rings. The second-order valence-corrected chi connectivity index (χ2v) is 8.44. The first kappa shape index (κ1) is 25.0. The number of fused-ring (bicyclic) bond motifs is 1. The Hall–Kier alpha value is -3.62. The standard InChI is InChI=1S/C25H32N4O5/c1-14(2)24(25(31)34-7)27-23(30)11-10-18-15(3)26-22-13-20(28-29(22)16(18)4)19-9-8-17(32-5)12-21(19)33-6/h8-9,12-14,24H,10-11H2,1-7H3,(H,27,30)/t24-/m1/s1. The molecular formula is C25H32N4O5. The number of aromatic nitrogens is 3. The van der Waals surface area contributed by atoms with Gasteiger partial charge in [0, 0.05) is 35.5 Å². The first-order valence-corrected chi connectivity index (χ1v) is 11.2. The zero-order chi connectivity index (χ0) is 25.0. The summed E-state index contributed by atoms with van der Waals surface area (Å²) in [6, 6.07) is 6.81. The number of hydrogen-bond acceptors (Lipinski definition) is 7. The van der Waals surface area contributed by atoms with Gasteiger partial charge in [0.2, 0.25) is 5.91 Å². The van der Waals surface area contributed by atoms with Crippen LogP contribution in [0.2, 0.25) is 0 Å². The summed E-state index contributed by atoms with van der Waals surface area (Å²) < 4.78 is 17.4. The Morgan fingerprint density at radius 3 is 2.44 bits per heavy atom. The molecule has 0 bridgehead atoms. The molecule has 9 nitrogen and oxygen atoms in total. The highest BCUT2D eigenvalue weighted by atomic mass is 16.5. The van der Waals surface area contributed by atoms with Gasteiger partial charge < -0.3 is 19.5 Å². The lowest BCUT2D eigenvalue weighted by molar-refractivity contribution is -0.146. The van der Waals surface area contributed by atoms with E-state index in [1.165, 1.54) is 7.11 Å². The molecular weight excluding hydrogens is 436 g/mol. The summed E-state index contributed by atoms with van der Waals surface area (Å²) in [5.74, 6) is 0.612. The number of aryl methyl sites for hydroxylation is 2. The molecule has 1 amide bonds. The lowest BCUT2D eigenvalue weighted by Gasteiger charge is -2.20. The summed E-state index contributed by atoms with van der Waals surface area (Å²) in [5.41, 5.74) is 4.94. The fourth-order valence-electron chi connectivity index (χ4n) is 3.94. The van der Waals surface area contributed by atoms with E-state index in [4.69, 9.17) is 24.3 Å². The minimum absolute atomic E-state index is 0.0738. The number of nitrogens with one attached hydrogen (secondary N) is 1. The molecule has 9 heteroatoms. The van der Waals surface area contributed by atoms with Gasteiger partial charge in [0.25, 0.3) is 0 Å². The molecule has 182 valence electrons. The summed E-state index contributed by atoms with van der Waals surface area (Å²) in [6.07, 6.45) is 0.689. The van der Waals surface area contributed by atoms with E-state index in [0.717, 1.165) is 28.2 Å². The molecule has 1 N–H and O–H groups in total. The number of carbonyl (C=O) groups excluding carboxylic acids is 2. The highest BCUT2D eigenvalue weighted by molar-refractivity contribution is 5.84. The fourth-order valence-corrected chi connectivity index (χ4v) is 3.94. The summed E-state index contributed by atoms with van der Waals surface area (Å²) in [4.78, 5) is 29.2. The molecule has 3 rings (SSSR count). The number of carbonyl (C=O) groups is 2. The van der Waals surface area contributed by atoms with Crippen molar-refractivity contribution in [2.45, 2.75) is 46.6 Å². The van der Waals surface area contributed by atoms with E-state index < -0.39 is 12.0 Å². The van der Waals surface area contributed by atoms with Gasteiger partial charge in [-0.2, -0.15) is 5.10 Å². The Balaban J connectivity index is 1.86. The van der Waals surface area contributed by atoms with Gasteiger partial charge in [0.15, 0.2) is 5.65 Å². The topological polar surface area (TPSA) is 104 Å². The maximum atomic E-state index is 12.6. The van der Waals surface area contributed by atoms with Crippen LogP contribution in [-0.4, -0.2) is 53.8 Å². The molecule has 0 aliphatic heterocycles. The molecule has 2 heterocycles. The summed E-state index contributed by atoms with van der Waals surface area (Å²) in [6.45, 7) is 7.61. The molecule has 1 aromatic carbocycles. The van der Waals surface area contributed by atoms with Crippen LogP contribution in [0.25, 0.3) is 16.9 Å². The highest BCUT2D eigenvalue weighted by Crippen LogP contribution is 2.33. The fraction of sp³-hybridized carbons (Fsp3) is 0.440. The van der Waals surface area contributed by atoms with E-state index >= 15 is 0 Å². The Morgan fingerprint density at radius 2 is 1.82 bits per heavy atom. The third-order valence-corrected chi connectivity index (χ3v) is 5.89. The maximum Gasteiger partial charge on any atom is 0.328 e. The zero-order valence-corrected chi connectivity index (χ0v) is 20.8. The zero-order valence-electron chi connectivity index (χ0n) is 20.8. The average molecular weight is 469 g/mol. The SMILES string of the molecule is COC(=O)[C@H](NC(=O)CCc1c(C)nc2cc(-c3ccc(OC)cc3OC)nn2c1C)C(C)C. The summed E-state index contributed by atoms with van der Waals surface area (Å²) >= 11 is 0. The van der Waals surface area contributed by atoms with Crippen molar-refractivity contribution in [2.75, 3.05) is 21.3 Å². The molecule has 0 saturated heterocycles. The highest BCUT2D eigenvalue weighted by Gasteiger charge is 2.25. The van der Waals surface area contributed by atoms with E-state index in [9.17, 15) is 9.59 Å². The van der Waals surface area contributed by atoms with Crippen molar-refractivity contribution in [3.8, 4) is 22.8 Å². The Kier molecular flexibility index (Phi) is 7.75. The van der Waals surface area contributed by atoms with Gasteiger partial charge in [0.1, 0.15) is 17.5 Å². The Bertz CT molecular complexity index is 1200. The smallest absolute Gasteiger partial charge is 0.328 e. The van der Waals surface area contributed by atoms with Crippen LogP contribution in [0.5, 0.6) is 11.5 Å². The number of amides is 1. The normalized spacial score (nSPS) is 12.0. The van der Waals surface area contributed by atoms with Crippen molar-refractivity contribution in [1.82, 2.24) is 19.9 Å². The third-order valence-electron chi connectivity index (χ3n) is 5.89. The van der Waals surface area contributed by atoms with Crippen molar-refractivity contribution < 1.29 is 23.8 Å². The van der Waals surface area contributed by atoms with Crippen molar-refractivity contribution in [2.24, 2.45) is 5.92 Å². The molecule has 0 spiro atoms. The van der Waals surface area contributed by atoms with Crippen LogP contribution in [0.1, 0.15) is 37.2 Å². The van der Waals surface area contributed by atoms with E-state index in [0.29, 0.717) is 23.6 Å². The number of nitrogens with zero attached hydrogens (tertiary/aromatic N) is 3. The summed E-state index contributed by atoms with van der Waals surface area (Å²) in [5, 5.41) is 7.53. The van der Waals surface area contributed by atoms with Crippen LogP contribution in [0, 0.1) is 19.8 Å². The molecule has 1 atom stereocenters. The van der Waals surface area contributed by atoms with Crippen molar-refractivity contribution in [1.29, 1.82) is 0 Å². The monoisotopic (exact) mass is 468 g/mol. The lowest BCUT2D eigenvalue weighted by atomic mass is 10.0. The lowest BCUT2D eigenvalue weighted by Crippen LogP contribution is -2.45. The number of ether oxygens (including phenoxy) is 3. The first-order valence-electron chi connectivity index (χ1n) is 11.2. The minimum atomic E-state index is -0.673.